The standard InChI is InChI=1S/C16H27IN2O4/c17-10-14(20)19-11-12-5-7-13(8-6-12)16(23)18-9-3-1-2-4-15(21)22/h12-13H,1-11H2,(H,18,23)(H,19,20)(H,21,22). The molecule has 0 aromatic rings. The van der Waals surface area contributed by atoms with E-state index in [-0.39, 0.29) is 24.2 Å². The zero-order valence-electron chi connectivity index (χ0n) is 13.5. The van der Waals surface area contributed by atoms with Gasteiger partial charge >= 0.3 is 5.97 Å². The van der Waals surface area contributed by atoms with E-state index in [1.165, 1.54) is 0 Å². The van der Waals surface area contributed by atoms with E-state index in [1.54, 1.807) is 0 Å². The van der Waals surface area contributed by atoms with E-state index in [9.17, 15) is 14.4 Å². The van der Waals surface area contributed by atoms with Gasteiger partial charge in [0.05, 0.1) is 4.43 Å². The van der Waals surface area contributed by atoms with Crippen molar-refractivity contribution < 1.29 is 19.5 Å². The number of aliphatic carboxylic acids is 1. The highest BCUT2D eigenvalue weighted by atomic mass is 127. The molecule has 23 heavy (non-hydrogen) atoms. The molecule has 0 aromatic heterocycles. The predicted octanol–water partition coefficient (Wildman–Crippen LogP) is 2.11. The van der Waals surface area contributed by atoms with Crippen molar-refractivity contribution in [2.45, 2.75) is 51.4 Å². The summed E-state index contributed by atoms with van der Waals surface area (Å²) in [5, 5.41) is 14.4. The second-order valence-electron chi connectivity index (χ2n) is 6.15. The Kier molecular flexibility index (Phi) is 10.2. The first-order valence-electron chi connectivity index (χ1n) is 8.35. The topological polar surface area (TPSA) is 95.5 Å². The van der Waals surface area contributed by atoms with Crippen LogP contribution >= 0.6 is 22.6 Å². The Bertz CT molecular complexity index is 396. The molecule has 1 fully saturated rings. The van der Waals surface area contributed by atoms with Crippen LogP contribution in [0.25, 0.3) is 0 Å². The zero-order valence-corrected chi connectivity index (χ0v) is 15.6. The van der Waals surface area contributed by atoms with Crippen molar-refractivity contribution in [3.05, 3.63) is 0 Å². The lowest BCUT2D eigenvalue weighted by Crippen LogP contribution is -2.36. The highest BCUT2D eigenvalue weighted by molar-refractivity contribution is 14.1. The number of alkyl halides is 1. The molecule has 6 nitrogen and oxygen atoms in total. The van der Waals surface area contributed by atoms with Gasteiger partial charge in [0.1, 0.15) is 0 Å². The summed E-state index contributed by atoms with van der Waals surface area (Å²) in [6.45, 7) is 1.35. The summed E-state index contributed by atoms with van der Waals surface area (Å²) in [6.07, 6.45) is 6.26. The van der Waals surface area contributed by atoms with Crippen molar-refractivity contribution in [2.24, 2.45) is 11.8 Å². The van der Waals surface area contributed by atoms with Gasteiger partial charge in [0, 0.05) is 25.4 Å². The van der Waals surface area contributed by atoms with Gasteiger partial charge in [-0.25, -0.2) is 0 Å². The number of nitrogens with one attached hydrogen (secondary N) is 2. The molecule has 0 atom stereocenters. The van der Waals surface area contributed by atoms with Crippen LogP contribution in [0.5, 0.6) is 0 Å². The van der Waals surface area contributed by atoms with E-state index in [2.05, 4.69) is 10.6 Å². The van der Waals surface area contributed by atoms with E-state index in [0.29, 0.717) is 23.3 Å². The minimum atomic E-state index is -0.763. The van der Waals surface area contributed by atoms with E-state index < -0.39 is 5.97 Å². The largest absolute Gasteiger partial charge is 0.481 e. The van der Waals surface area contributed by atoms with Crippen LogP contribution in [0.4, 0.5) is 0 Å². The summed E-state index contributed by atoms with van der Waals surface area (Å²) in [4.78, 5) is 33.7. The monoisotopic (exact) mass is 438 g/mol. The number of unbranched alkanes of at least 4 members (excludes halogenated alkanes) is 2. The number of rotatable bonds is 10. The van der Waals surface area contributed by atoms with Crippen LogP contribution in [0.15, 0.2) is 0 Å². The fourth-order valence-corrected chi connectivity index (χ4v) is 3.14. The van der Waals surface area contributed by atoms with Gasteiger partial charge in [-0.2, -0.15) is 0 Å². The number of carbonyl (C=O) groups excluding carboxylic acids is 2. The van der Waals surface area contributed by atoms with Crippen LogP contribution in [-0.4, -0.2) is 40.4 Å². The molecule has 0 saturated heterocycles. The third-order valence-electron chi connectivity index (χ3n) is 4.29. The predicted molar refractivity (Wildman–Crippen MR) is 96.5 cm³/mol. The van der Waals surface area contributed by atoms with Gasteiger partial charge in [-0.05, 0) is 44.4 Å². The van der Waals surface area contributed by atoms with E-state index in [4.69, 9.17) is 5.11 Å². The minimum Gasteiger partial charge on any atom is -0.481 e. The third-order valence-corrected chi connectivity index (χ3v) is 4.99. The van der Waals surface area contributed by atoms with E-state index in [1.807, 2.05) is 22.6 Å². The molecule has 1 rings (SSSR count). The first-order valence-corrected chi connectivity index (χ1v) is 9.87. The first-order chi connectivity index (χ1) is 11.0. The maximum Gasteiger partial charge on any atom is 0.303 e. The van der Waals surface area contributed by atoms with Crippen LogP contribution in [0.3, 0.4) is 0 Å². The van der Waals surface area contributed by atoms with Crippen molar-refractivity contribution in [1.82, 2.24) is 10.6 Å². The first kappa shape index (κ1) is 20.2. The fraction of sp³-hybridized carbons (Fsp3) is 0.812. The number of amides is 2. The molecular formula is C16H27IN2O4. The maximum absolute atomic E-state index is 12.1. The maximum atomic E-state index is 12.1. The van der Waals surface area contributed by atoms with Gasteiger partial charge in [-0.1, -0.05) is 29.0 Å². The Labute approximate surface area is 151 Å². The van der Waals surface area contributed by atoms with Crippen LogP contribution in [0.1, 0.15) is 51.4 Å². The molecule has 1 aliphatic carbocycles. The molecule has 0 unspecified atom stereocenters. The molecular weight excluding hydrogens is 411 g/mol. The van der Waals surface area contributed by atoms with Crippen LogP contribution < -0.4 is 10.6 Å². The molecule has 1 saturated carbocycles. The van der Waals surface area contributed by atoms with Gasteiger partial charge < -0.3 is 15.7 Å². The summed E-state index contributed by atoms with van der Waals surface area (Å²) in [6, 6.07) is 0. The highest BCUT2D eigenvalue weighted by Gasteiger charge is 2.26. The van der Waals surface area contributed by atoms with Crippen molar-refractivity contribution in [2.75, 3.05) is 17.5 Å². The van der Waals surface area contributed by atoms with Gasteiger partial charge in [0.15, 0.2) is 0 Å². The number of carboxylic acid groups (broad SMARTS) is 1. The highest BCUT2D eigenvalue weighted by Crippen LogP contribution is 2.28. The third kappa shape index (κ3) is 9.12. The van der Waals surface area contributed by atoms with Crippen LogP contribution in [0, 0.1) is 11.8 Å². The average molecular weight is 438 g/mol. The number of carboxylic acids is 1. The zero-order chi connectivity index (χ0) is 17.1. The number of carbonyl (C=O) groups is 3. The molecule has 1 aliphatic rings. The lowest BCUT2D eigenvalue weighted by atomic mass is 9.81. The molecule has 0 spiro atoms. The lowest BCUT2D eigenvalue weighted by molar-refractivity contribution is -0.137. The Morgan fingerprint density at radius 3 is 2.30 bits per heavy atom. The van der Waals surface area contributed by atoms with Gasteiger partial charge in [-0.3, -0.25) is 14.4 Å². The minimum absolute atomic E-state index is 0.0772. The van der Waals surface area contributed by atoms with Crippen molar-refractivity contribution in [1.29, 1.82) is 0 Å². The van der Waals surface area contributed by atoms with Gasteiger partial charge in [-0.15, -0.1) is 0 Å². The molecule has 7 heteroatoms. The van der Waals surface area contributed by atoms with Crippen molar-refractivity contribution in [3.63, 3.8) is 0 Å². The van der Waals surface area contributed by atoms with Crippen LogP contribution in [0.2, 0.25) is 0 Å². The summed E-state index contributed by atoms with van der Waals surface area (Å²) in [5.41, 5.74) is 0. The smallest absolute Gasteiger partial charge is 0.303 e. The molecule has 2 amide bonds. The van der Waals surface area contributed by atoms with E-state index in [0.717, 1.165) is 45.1 Å². The normalized spacial score (nSPS) is 20.7. The quantitative estimate of drug-likeness (QED) is 0.277. The van der Waals surface area contributed by atoms with Crippen LogP contribution in [-0.2, 0) is 14.4 Å². The summed E-state index contributed by atoms with van der Waals surface area (Å²) >= 11 is 2.05. The molecule has 132 valence electrons. The second-order valence-corrected chi connectivity index (χ2v) is 6.91. The fourth-order valence-electron chi connectivity index (χ4n) is 2.87. The van der Waals surface area contributed by atoms with Crippen molar-refractivity contribution in [3.8, 4) is 0 Å². The molecule has 0 bridgehead atoms. The Morgan fingerprint density at radius 1 is 1.00 bits per heavy atom. The van der Waals surface area contributed by atoms with Gasteiger partial charge in [0.25, 0.3) is 0 Å². The Balaban J connectivity index is 2.08. The SMILES string of the molecule is O=C(O)CCCCCNC(=O)C1CCC(CNC(=O)CI)CC1. The molecule has 0 radical (unpaired) electrons. The molecule has 3 N–H and O–H groups in total. The summed E-state index contributed by atoms with van der Waals surface area (Å²) < 4.78 is 0.488. The average Bonchev–Trinajstić information content (AvgIpc) is 2.55. The molecule has 0 heterocycles. The van der Waals surface area contributed by atoms with Crippen molar-refractivity contribution >= 4 is 40.4 Å². The summed E-state index contributed by atoms with van der Waals surface area (Å²) in [5.74, 6) is 0.0133. The second kappa shape index (κ2) is 11.6. The number of hydrogen-bond acceptors (Lipinski definition) is 3. The Hall–Kier alpha value is -0.860. The van der Waals surface area contributed by atoms with Gasteiger partial charge in [0.2, 0.25) is 11.8 Å². The Morgan fingerprint density at radius 2 is 1.70 bits per heavy atom. The molecule has 0 aromatic carbocycles. The number of halogens is 1. The summed E-state index contributed by atoms with van der Waals surface area (Å²) in [7, 11) is 0. The lowest BCUT2D eigenvalue weighted by Gasteiger charge is -2.27. The van der Waals surface area contributed by atoms with E-state index >= 15 is 0 Å². The number of hydrogen-bond donors (Lipinski definition) is 3. The molecule has 0 aliphatic heterocycles.